The summed E-state index contributed by atoms with van der Waals surface area (Å²) in [5.74, 6) is 2.03. The summed E-state index contributed by atoms with van der Waals surface area (Å²) >= 11 is 1.83. The van der Waals surface area contributed by atoms with E-state index in [0.29, 0.717) is 6.04 Å². The predicted molar refractivity (Wildman–Crippen MR) is 67.6 cm³/mol. The molecule has 1 aliphatic carbocycles. The van der Waals surface area contributed by atoms with Crippen LogP contribution >= 0.6 is 11.8 Å². The maximum absolute atomic E-state index is 4.23. The molecular formula is C12H19N3S. The second kappa shape index (κ2) is 6.21. The van der Waals surface area contributed by atoms with Gasteiger partial charge in [0.05, 0.1) is 5.03 Å². The van der Waals surface area contributed by atoms with Crippen molar-refractivity contribution < 1.29 is 0 Å². The summed E-state index contributed by atoms with van der Waals surface area (Å²) in [4.78, 5) is 8.16. The van der Waals surface area contributed by atoms with Gasteiger partial charge < -0.3 is 5.32 Å². The van der Waals surface area contributed by atoms with Crippen molar-refractivity contribution in [3.63, 3.8) is 0 Å². The first-order valence-electron chi connectivity index (χ1n) is 6.02. The van der Waals surface area contributed by atoms with Gasteiger partial charge in [0, 0.05) is 18.0 Å². The average Bonchev–Trinajstić information content (AvgIpc) is 3.15. The monoisotopic (exact) mass is 237 g/mol. The van der Waals surface area contributed by atoms with Crippen molar-refractivity contribution in [1.82, 2.24) is 15.3 Å². The summed E-state index contributed by atoms with van der Waals surface area (Å²) in [6.45, 7) is 3.35. The van der Waals surface area contributed by atoms with Gasteiger partial charge in [-0.2, -0.15) is 0 Å². The first-order valence-corrected chi connectivity index (χ1v) is 7.01. The fourth-order valence-electron chi connectivity index (χ4n) is 1.73. The highest BCUT2D eigenvalue weighted by Gasteiger charge is 2.30. The smallest absolute Gasteiger partial charge is 0.116 e. The number of aromatic nitrogens is 2. The lowest BCUT2D eigenvalue weighted by Crippen LogP contribution is -2.33. The predicted octanol–water partition coefficient (Wildman–Crippen LogP) is 2.35. The molecule has 3 nitrogen and oxygen atoms in total. The Kier molecular flexibility index (Phi) is 4.60. The van der Waals surface area contributed by atoms with Crippen LogP contribution in [-0.4, -0.2) is 28.3 Å². The lowest BCUT2D eigenvalue weighted by Gasteiger charge is -2.16. The van der Waals surface area contributed by atoms with Gasteiger partial charge in [-0.3, -0.25) is 0 Å². The van der Waals surface area contributed by atoms with Gasteiger partial charge in [-0.15, -0.1) is 11.8 Å². The topological polar surface area (TPSA) is 37.8 Å². The van der Waals surface area contributed by atoms with Crippen LogP contribution in [0.5, 0.6) is 0 Å². The summed E-state index contributed by atoms with van der Waals surface area (Å²) in [7, 11) is 0. The standard InChI is InChI=1S/C12H19N3S/c1-2-6-14-11(10-3-4-10)8-16-12-5-7-13-9-15-12/h5,7,9-11,14H,2-4,6,8H2,1H3. The van der Waals surface area contributed by atoms with E-state index in [2.05, 4.69) is 22.2 Å². The molecule has 0 bridgehead atoms. The van der Waals surface area contributed by atoms with Crippen LogP contribution in [0.3, 0.4) is 0 Å². The molecule has 1 atom stereocenters. The summed E-state index contributed by atoms with van der Waals surface area (Å²) in [6, 6.07) is 2.65. The van der Waals surface area contributed by atoms with Crippen LogP contribution in [-0.2, 0) is 0 Å². The number of rotatable bonds is 7. The number of nitrogens with one attached hydrogen (secondary N) is 1. The van der Waals surface area contributed by atoms with E-state index in [1.165, 1.54) is 19.3 Å². The van der Waals surface area contributed by atoms with Crippen molar-refractivity contribution in [3.05, 3.63) is 18.6 Å². The largest absolute Gasteiger partial charge is 0.313 e. The fraction of sp³-hybridized carbons (Fsp3) is 0.667. The van der Waals surface area contributed by atoms with Crippen LogP contribution in [0.2, 0.25) is 0 Å². The lowest BCUT2D eigenvalue weighted by molar-refractivity contribution is 0.503. The molecule has 0 aromatic carbocycles. The van der Waals surface area contributed by atoms with E-state index in [1.807, 2.05) is 17.8 Å². The van der Waals surface area contributed by atoms with E-state index in [9.17, 15) is 0 Å². The number of nitrogens with zero attached hydrogens (tertiary/aromatic N) is 2. The van der Waals surface area contributed by atoms with Crippen molar-refractivity contribution in [2.24, 2.45) is 5.92 Å². The Balaban J connectivity index is 1.77. The molecule has 16 heavy (non-hydrogen) atoms. The average molecular weight is 237 g/mol. The zero-order chi connectivity index (χ0) is 11.2. The van der Waals surface area contributed by atoms with Crippen molar-refractivity contribution in [2.75, 3.05) is 12.3 Å². The first-order chi connectivity index (χ1) is 7.90. The Morgan fingerprint density at radius 1 is 1.56 bits per heavy atom. The van der Waals surface area contributed by atoms with Gasteiger partial charge in [0.2, 0.25) is 0 Å². The third-order valence-corrected chi connectivity index (χ3v) is 3.88. The highest BCUT2D eigenvalue weighted by molar-refractivity contribution is 7.99. The van der Waals surface area contributed by atoms with Crippen LogP contribution in [0.15, 0.2) is 23.6 Å². The normalized spacial score (nSPS) is 17.3. The van der Waals surface area contributed by atoms with E-state index < -0.39 is 0 Å². The van der Waals surface area contributed by atoms with E-state index in [4.69, 9.17) is 0 Å². The van der Waals surface area contributed by atoms with Gasteiger partial charge in [0.1, 0.15) is 6.33 Å². The highest BCUT2D eigenvalue weighted by atomic mass is 32.2. The van der Waals surface area contributed by atoms with Crippen LogP contribution in [0.1, 0.15) is 26.2 Å². The van der Waals surface area contributed by atoms with Gasteiger partial charge in [0.15, 0.2) is 0 Å². The van der Waals surface area contributed by atoms with E-state index in [1.54, 1.807) is 12.5 Å². The van der Waals surface area contributed by atoms with Gasteiger partial charge in [-0.1, -0.05) is 6.92 Å². The van der Waals surface area contributed by atoms with E-state index in [-0.39, 0.29) is 0 Å². The molecule has 1 saturated carbocycles. The Labute approximate surface area is 101 Å². The highest BCUT2D eigenvalue weighted by Crippen LogP contribution is 2.34. The van der Waals surface area contributed by atoms with Crippen LogP contribution in [0, 0.1) is 5.92 Å². The third kappa shape index (κ3) is 3.76. The minimum atomic E-state index is 0.667. The SMILES string of the molecule is CCCNC(CSc1ccncn1)C1CC1. The molecule has 1 heterocycles. The molecule has 4 heteroatoms. The molecule has 1 aliphatic rings. The van der Waals surface area contributed by atoms with Gasteiger partial charge in [-0.25, -0.2) is 9.97 Å². The van der Waals surface area contributed by atoms with E-state index >= 15 is 0 Å². The molecule has 2 rings (SSSR count). The Morgan fingerprint density at radius 2 is 2.44 bits per heavy atom. The van der Waals surface area contributed by atoms with Crippen molar-refractivity contribution >= 4 is 11.8 Å². The molecule has 0 amide bonds. The molecule has 0 saturated heterocycles. The molecule has 88 valence electrons. The van der Waals surface area contributed by atoms with Gasteiger partial charge >= 0.3 is 0 Å². The molecule has 1 fully saturated rings. The molecule has 0 radical (unpaired) electrons. The molecule has 1 aromatic heterocycles. The van der Waals surface area contributed by atoms with Crippen molar-refractivity contribution in [2.45, 2.75) is 37.3 Å². The minimum absolute atomic E-state index is 0.667. The Hall–Kier alpha value is -0.610. The van der Waals surface area contributed by atoms with E-state index in [0.717, 1.165) is 23.2 Å². The van der Waals surface area contributed by atoms with Crippen LogP contribution < -0.4 is 5.32 Å². The van der Waals surface area contributed by atoms with Gasteiger partial charge in [0.25, 0.3) is 0 Å². The lowest BCUT2D eigenvalue weighted by atomic mass is 10.2. The Bertz CT molecular complexity index is 300. The van der Waals surface area contributed by atoms with Crippen molar-refractivity contribution in [3.8, 4) is 0 Å². The molecular weight excluding hydrogens is 218 g/mol. The first kappa shape index (κ1) is 11.9. The second-order valence-electron chi connectivity index (χ2n) is 4.26. The molecule has 1 unspecified atom stereocenters. The van der Waals surface area contributed by atoms with Crippen molar-refractivity contribution in [1.29, 1.82) is 0 Å². The van der Waals surface area contributed by atoms with Crippen LogP contribution in [0.25, 0.3) is 0 Å². The summed E-state index contributed by atoms with van der Waals surface area (Å²) < 4.78 is 0. The molecule has 1 aromatic rings. The fourth-order valence-corrected chi connectivity index (χ4v) is 2.75. The Morgan fingerprint density at radius 3 is 3.06 bits per heavy atom. The number of thioether (sulfide) groups is 1. The van der Waals surface area contributed by atoms with Gasteiger partial charge in [-0.05, 0) is 37.8 Å². The summed E-state index contributed by atoms with van der Waals surface area (Å²) in [5.41, 5.74) is 0. The second-order valence-corrected chi connectivity index (χ2v) is 5.30. The maximum atomic E-state index is 4.23. The molecule has 0 aliphatic heterocycles. The number of hydrogen-bond donors (Lipinski definition) is 1. The molecule has 1 N–H and O–H groups in total. The zero-order valence-corrected chi connectivity index (χ0v) is 10.5. The van der Waals surface area contributed by atoms with Crippen LogP contribution in [0.4, 0.5) is 0 Å². The summed E-state index contributed by atoms with van der Waals surface area (Å²) in [6.07, 6.45) is 7.42. The summed E-state index contributed by atoms with van der Waals surface area (Å²) in [5, 5.41) is 4.72. The maximum Gasteiger partial charge on any atom is 0.116 e. The number of hydrogen-bond acceptors (Lipinski definition) is 4. The zero-order valence-electron chi connectivity index (χ0n) is 9.72. The third-order valence-electron chi connectivity index (χ3n) is 2.81. The quantitative estimate of drug-likeness (QED) is 0.583. The molecule has 0 spiro atoms. The minimum Gasteiger partial charge on any atom is -0.313 e.